The summed E-state index contributed by atoms with van der Waals surface area (Å²) in [5.74, 6) is 0.853. The zero-order valence-electron chi connectivity index (χ0n) is 29.2. The smallest absolute Gasteiger partial charge is 0.149 e. The summed E-state index contributed by atoms with van der Waals surface area (Å²) in [4.78, 5) is 10.2. The van der Waals surface area contributed by atoms with Crippen LogP contribution in [0.15, 0.2) is 188 Å². The second-order valence-corrected chi connectivity index (χ2v) is 13.3. The van der Waals surface area contributed by atoms with Crippen LogP contribution in [0.25, 0.3) is 83.9 Å². The number of hydrogen-bond acceptors (Lipinski definition) is 3. The van der Waals surface area contributed by atoms with E-state index in [-0.39, 0.29) is 5.75 Å². The molecule has 0 fully saturated rings. The van der Waals surface area contributed by atoms with Gasteiger partial charge in [0.25, 0.3) is 0 Å². The number of imidazole rings is 1. The maximum absolute atomic E-state index is 11.2. The Kier molecular flexibility index (Phi) is 8.18. The molecule has 0 aliphatic heterocycles. The number of benzene rings is 7. The first kappa shape index (κ1) is 31.9. The molecule has 0 saturated heterocycles. The van der Waals surface area contributed by atoms with Crippen molar-refractivity contribution in [3.8, 4) is 78.6 Å². The minimum atomic E-state index is 0.180. The molecule has 0 aliphatic carbocycles. The molecule has 0 spiro atoms. The highest BCUT2D eigenvalue weighted by molar-refractivity contribution is 5.97. The summed E-state index contributed by atoms with van der Waals surface area (Å²) >= 11 is 0. The van der Waals surface area contributed by atoms with E-state index in [0.717, 1.165) is 78.0 Å². The predicted octanol–water partition coefficient (Wildman–Crippen LogP) is 12.4. The van der Waals surface area contributed by atoms with Gasteiger partial charge >= 0.3 is 0 Å². The fourth-order valence-corrected chi connectivity index (χ4v) is 7.25. The molecule has 0 amide bonds. The molecule has 53 heavy (non-hydrogen) atoms. The van der Waals surface area contributed by atoms with E-state index in [0.29, 0.717) is 11.4 Å². The number of fused-ring (bicyclic) bond motifs is 1. The van der Waals surface area contributed by atoms with Gasteiger partial charge in [-0.25, -0.2) is 4.98 Å². The van der Waals surface area contributed by atoms with Gasteiger partial charge in [0.2, 0.25) is 0 Å². The Labute approximate surface area is 309 Å². The minimum Gasteiger partial charge on any atom is -0.507 e. The van der Waals surface area contributed by atoms with Crippen LogP contribution in [0.4, 0.5) is 0 Å². The zero-order valence-corrected chi connectivity index (χ0v) is 29.2. The summed E-state index contributed by atoms with van der Waals surface area (Å²) in [6.07, 6.45) is 1.89. The summed E-state index contributed by atoms with van der Waals surface area (Å²) in [6, 6.07) is 62.6. The minimum absolute atomic E-state index is 0.180. The molecule has 9 aromatic rings. The molecule has 4 heteroatoms. The number of pyridine rings is 1. The van der Waals surface area contributed by atoms with Crippen molar-refractivity contribution in [3.05, 3.63) is 194 Å². The number of hydrogen-bond donors (Lipinski definition) is 1. The molecule has 2 heterocycles. The van der Waals surface area contributed by atoms with E-state index in [1.807, 2.05) is 42.6 Å². The number of phenols is 1. The Hall–Kier alpha value is -7.04. The largest absolute Gasteiger partial charge is 0.507 e. The predicted molar refractivity (Wildman–Crippen MR) is 218 cm³/mol. The van der Waals surface area contributed by atoms with E-state index in [1.165, 1.54) is 0 Å². The van der Waals surface area contributed by atoms with Crippen molar-refractivity contribution in [1.29, 1.82) is 0 Å². The first-order valence-electron chi connectivity index (χ1n) is 17.8. The molecule has 252 valence electrons. The van der Waals surface area contributed by atoms with Gasteiger partial charge in [-0.1, -0.05) is 121 Å². The number of nitrogens with zero attached hydrogens (tertiary/aromatic N) is 3. The van der Waals surface area contributed by atoms with Crippen molar-refractivity contribution in [2.45, 2.75) is 6.92 Å². The quantitative estimate of drug-likeness (QED) is 0.182. The highest BCUT2D eigenvalue weighted by atomic mass is 16.3. The fraction of sp³-hybridized carbons (Fsp3) is 0.0204. The van der Waals surface area contributed by atoms with Crippen LogP contribution in [0.1, 0.15) is 5.56 Å². The van der Waals surface area contributed by atoms with Gasteiger partial charge in [0.05, 0.1) is 22.3 Å². The Morgan fingerprint density at radius 3 is 1.74 bits per heavy atom. The van der Waals surface area contributed by atoms with Gasteiger partial charge in [-0.2, -0.15) is 0 Å². The molecule has 4 nitrogen and oxygen atoms in total. The van der Waals surface area contributed by atoms with Crippen LogP contribution in [-0.4, -0.2) is 19.6 Å². The van der Waals surface area contributed by atoms with Crippen molar-refractivity contribution >= 4 is 11.0 Å². The van der Waals surface area contributed by atoms with Crippen molar-refractivity contribution in [3.63, 3.8) is 0 Å². The maximum Gasteiger partial charge on any atom is 0.149 e. The second kappa shape index (κ2) is 13.6. The molecule has 1 N–H and O–H groups in total. The van der Waals surface area contributed by atoms with Gasteiger partial charge in [-0.15, -0.1) is 0 Å². The highest BCUT2D eigenvalue weighted by Crippen LogP contribution is 2.40. The standard InChI is InChI=1S/C49H35N3O/c1-33-26-38(35-16-7-3-8-17-35)31-42(27-33)52-46-22-13-21-43(48(46)51-49(52)44-20-11-12-23-47(44)53)40-28-39(36-18-9-4-10-19-36)29-41(30-40)45-32-37(24-25-50-45)34-14-5-2-6-15-34/h2-32,53H,1H3. The summed E-state index contributed by atoms with van der Waals surface area (Å²) in [7, 11) is 0. The van der Waals surface area contributed by atoms with Gasteiger partial charge < -0.3 is 5.11 Å². The van der Waals surface area contributed by atoms with Gasteiger partial charge in [0.1, 0.15) is 11.6 Å². The van der Waals surface area contributed by atoms with Gasteiger partial charge in [-0.3, -0.25) is 9.55 Å². The number of para-hydroxylation sites is 2. The lowest BCUT2D eigenvalue weighted by Gasteiger charge is -2.14. The molecule has 0 aliphatic rings. The van der Waals surface area contributed by atoms with Gasteiger partial charge in [0.15, 0.2) is 0 Å². The Morgan fingerprint density at radius 1 is 0.453 bits per heavy atom. The Balaban J connectivity index is 1.28. The number of rotatable bonds is 7. The Morgan fingerprint density at radius 2 is 1.04 bits per heavy atom. The molecule has 0 unspecified atom stereocenters. The molecule has 0 bridgehead atoms. The fourth-order valence-electron chi connectivity index (χ4n) is 7.25. The third-order valence-corrected chi connectivity index (χ3v) is 9.77. The van der Waals surface area contributed by atoms with Crippen LogP contribution < -0.4 is 0 Å². The van der Waals surface area contributed by atoms with E-state index in [4.69, 9.17) is 9.97 Å². The highest BCUT2D eigenvalue weighted by Gasteiger charge is 2.21. The summed E-state index contributed by atoms with van der Waals surface area (Å²) in [6.45, 7) is 2.12. The molecular formula is C49H35N3O. The molecule has 7 aromatic carbocycles. The van der Waals surface area contributed by atoms with Crippen molar-refractivity contribution in [2.24, 2.45) is 0 Å². The van der Waals surface area contributed by atoms with Gasteiger partial charge in [0, 0.05) is 23.0 Å². The average Bonchev–Trinajstić information content (AvgIpc) is 3.61. The van der Waals surface area contributed by atoms with Crippen LogP contribution in [0.3, 0.4) is 0 Å². The zero-order chi connectivity index (χ0) is 35.7. The second-order valence-electron chi connectivity index (χ2n) is 13.3. The SMILES string of the molecule is Cc1cc(-c2ccccc2)cc(-n2c(-c3ccccc3O)nc3c(-c4cc(-c5ccccc5)cc(-c5cc(-c6ccccc6)ccn5)c4)cccc32)c1. The molecule has 0 atom stereocenters. The average molecular weight is 682 g/mol. The van der Waals surface area contributed by atoms with Crippen molar-refractivity contribution < 1.29 is 5.11 Å². The van der Waals surface area contributed by atoms with Crippen molar-refractivity contribution in [1.82, 2.24) is 14.5 Å². The first-order valence-corrected chi connectivity index (χ1v) is 17.8. The van der Waals surface area contributed by atoms with Crippen LogP contribution in [0, 0.1) is 6.92 Å². The van der Waals surface area contributed by atoms with Gasteiger partial charge in [-0.05, 0) is 112 Å². The third kappa shape index (κ3) is 6.17. The van der Waals surface area contributed by atoms with E-state index >= 15 is 0 Å². The first-order chi connectivity index (χ1) is 26.1. The third-order valence-electron chi connectivity index (χ3n) is 9.77. The Bertz CT molecular complexity index is 2730. The van der Waals surface area contributed by atoms with Crippen LogP contribution in [0.5, 0.6) is 5.75 Å². The van der Waals surface area contributed by atoms with Crippen molar-refractivity contribution in [2.75, 3.05) is 0 Å². The van der Waals surface area contributed by atoms with E-state index in [9.17, 15) is 5.11 Å². The lowest BCUT2D eigenvalue weighted by Crippen LogP contribution is -1.99. The van der Waals surface area contributed by atoms with E-state index in [2.05, 4.69) is 151 Å². The number of aromatic nitrogens is 3. The van der Waals surface area contributed by atoms with E-state index in [1.54, 1.807) is 6.07 Å². The summed E-state index contributed by atoms with van der Waals surface area (Å²) in [5, 5.41) is 11.2. The normalized spacial score (nSPS) is 11.2. The lowest BCUT2D eigenvalue weighted by molar-refractivity contribution is 0.477. The molecule has 9 rings (SSSR count). The number of phenolic OH excluding ortho intramolecular Hbond substituents is 1. The lowest BCUT2D eigenvalue weighted by atomic mass is 9.93. The van der Waals surface area contributed by atoms with Crippen LogP contribution in [-0.2, 0) is 0 Å². The molecule has 0 radical (unpaired) electrons. The van der Waals surface area contributed by atoms with Crippen LogP contribution in [0.2, 0.25) is 0 Å². The molecule has 2 aromatic heterocycles. The maximum atomic E-state index is 11.2. The summed E-state index contributed by atoms with van der Waals surface area (Å²) < 4.78 is 2.18. The van der Waals surface area contributed by atoms with E-state index < -0.39 is 0 Å². The summed E-state index contributed by atoms with van der Waals surface area (Å²) in [5.41, 5.74) is 15.2. The number of aromatic hydroxyl groups is 1. The number of aryl methyl sites for hydroxylation is 1. The monoisotopic (exact) mass is 681 g/mol. The van der Waals surface area contributed by atoms with Crippen LogP contribution >= 0.6 is 0 Å². The molecule has 0 saturated carbocycles. The molecular weight excluding hydrogens is 647 g/mol. The topological polar surface area (TPSA) is 50.9 Å².